The average molecular weight is 336 g/mol. The lowest BCUT2D eigenvalue weighted by atomic mass is 10.2. The van der Waals surface area contributed by atoms with Crippen molar-refractivity contribution in [2.45, 2.75) is 20.1 Å². The quantitative estimate of drug-likeness (QED) is 0.618. The van der Waals surface area contributed by atoms with Gasteiger partial charge < -0.3 is 9.47 Å². The van der Waals surface area contributed by atoms with Crippen LogP contribution in [0.3, 0.4) is 0 Å². The Hall–Kier alpha value is -3.08. The summed E-state index contributed by atoms with van der Waals surface area (Å²) in [5.74, 6) is 0.0923. The second-order valence-corrected chi connectivity index (χ2v) is 5.51. The number of nitrogens with zero attached hydrogens (tertiary/aromatic N) is 2. The van der Waals surface area contributed by atoms with Gasteiger partial charge in [0.05, 0.1) is 13.2 Å². The monoisotopic (exact) mass is 336 g/mol. The average Bonchev–Trinajstić information content (AvgIpc) is 3.05. The Kier molecular flexibility index (Phi) is 5.46. The van der Waals surface area contributed by atoms with E-state index >= 15 is 0 Å². The summed E-state index contributed by atoms with van der Waals surface area (Å²) in [4.78, 5) is 12.0. The molecule has 0 saturated heterocycles. The van der Waals surface area contributed by atoms with Gasteiger partial charge in [-0.25, -0.2) is 9.48 Å². The van der Waals surface area contributed by atoms with E-state index in [0.717, 1.165) is 11.1 Å². The van der Waals surface area contributed by atoms with Crippen LogP contribution in [-0.4, -0.2) is 22.4 Å². The van der Waals surface area contributed by atoms with Gasteiger partial charge in [-0.1, -0.05) is 60.7 Å². The fourth-order valence-corrected chi connectivity index (χ4v) is 2.42. The molecule has 3 rings (SSSR count). The molecule has 0 spiro atoms. The minimum Gasteiger partial charge on any atom is -0.473 e. The van der Waals surface area contributed by atoms with Gasteiger partial charge >= 0.3 is 5.97 Å². The molecule has 5 nitrogen and oxygen atoms in total. The summed E-state index contributed by atoms with van der Waals surface area (Å²) in [6.45, 7) is 3.00. The Balaban J connectivity index is 1.81. The summed E-state index contributed by atoms with van der Waals surface area (Å²) < 4.78 is 12.6. The van der Waals surface area contributed by atoms with Crippen molar-refractivity contribution in [2.75, 3.05) is 6.61 Å². The van der Waals surface area contributed by atoms with Crippen LogP contribution in [0.1, 0.15) is 28.5 Å². The van der Waals surface area contributed by atoms with E-state index in [-0.39, 0.29) is 5.69 Å². The largest absolute Gasteiger partial charge is 0.473 e. The van der Waals surface area contributed by atoms with Crippen molar-refractivity contribution >= 4 is 5.97 Å². The number of hydrogen-bond acceptors (Lipinski definition) is 4. The highest BCUT2D eigenvalue weighted by atomic mass is 16.5. The van der Waals surface area contributed by atoms with E-state index in [4.69, 9.17) is 9.47 Å². The van der Waals surface area contributed by atoms with Crippen LogP contribution in [0.25, 0.3) is 0 Å². The molecule has 128 valence electrons. The molecule has 2 aromatic carbocycles. The van der Waals surface area contributed by atoms with Gasteiger partial charge in [-0.3, -0.25) is 0 Å². The lowest BCUT2D eigenvalue weighted by molar-refractivity contribution is 0.0518. The van der Waals surface area contributed by atoms with E-state index in [9.17, 15) is 4.79 Å². The summed E-state index contributed by atoms with van der Waals surface area (Å²) >= 11 is 0. The van der Waals surface area contributed by atoms with Crippen molar-refractivity contribution in [1.82, 2.24) is 9.78 Å². The number of ether oxygens (including phenoxy) is 2. The van der Waals surface area contributed by atoms with Crippen LogP contribution in [0, 0.1) is 0 Å². The highest BCUT2D eigenvalue weighted by molar-refractivity contribution is 5.87. The summed E-state index contributed by atoms with van der Waals surface area (Å²) in [7, 11) is 0. The minimum atomic E-state index is -0.445. The van der Waals surface area contributed by atoms with E-state index in [1.807, 2.05) is 60.7 Å². The normalized spacial score (nSPS) is 10.4. The first-order valence-corrected chi connectivity index (χ1v) is 8.22. The van der Waals surface area contributed by atoms with Crippen molar-refractivity contribution in [3.05, 3.63) is 83.6 Å². The molecule has 0 bridgehead atoms. The first-order chi connectivity index (χ1) is 12.3. The van der Waals surface area contributed by atoms with Gasteiger partial charge in [0.15, 0.2) is 5.69 Å². The Labute approximate surface area is 146 Å². The number of rotatable bonds is 7. The fourth-order valence-electron chi connectivity index (χ4n) is 2.42. The maximum atomic E-state index is 12.0. The SMILES string of the molecule is CCOC(=O)c1cc(OCc2ccccc2)n(Cc2ccccc2)n1. The third-order valence-corrected chi connectivity index (χ3v) is 3.63. The minimum absolute atomic E-state index is 0.251. The van der Waals surface area contributed by atoms with Gasteiger partial charge in [0.1, 0.15) is 6.61 Å². The first-order valence-electron chi connectivity index (χ1n) is 8.22. The third kappa shape index (κ3) is 4.47. The van der Waals surface area contributed by atoms with E-state index < -0.39 is 5.97 Å². The molecule has 0 aliphatic carbocycles. The molecule has 0 aliphatic rings. The van der Waals surface area contributed by atoms with Gasteiger partial charge in [-0.05, 0) is 18.1 Å². The molecule has 0 unspecified atom stereocenters. The topological polar surface area (TPSA) is 53.4 Å². The van der Waals surface area contributed by atoms with Gasteiger partial charge in [0, 0.05) is 6.07 Å². The molecule has 25 heavy (non-hydrogen) atoms. The molecule has 1 aromatic heterocycles. The lowest BCUT2D eigenvalue weighted by Gasteiger charge is -2.09. The highest BCUT2D eigenvalue weighted by Gasteiger charge is 2.16. The molecule has 0 N–H and O–H groups in total. The Morgan fingerprint density at radius 1 is 1.00 bits per heavy atom. The molecule has 0 radical (unpaired) electrons. The van der Waals surface area contributed by atoms with Crippen molar-refractivity contribution in [3.8, 4) is 5.88 Å². The third-order valence-electron chi connectivity index (χ3n) is 3.63. The summed E-state index contributed by atoms with van der Waals surface area (Å²) in [6, 6.07) is 21.4. The first kappa shape index (κ1) is 16.8. The van der Waals surface area contributed by atoms with Crippen molar-refractivity contribution in [3.63, 3.8) is 0 Å². The zero-order chi connectivity index (χ0) is 17.5. The number of carbonyl (C=O) groups excluding carboxylic acids is 1. The van der Waals surface area contributed by atoms with Crippen LogP contribution in [-0.2, 0) is 17.9 Å². The molecular formula is C20H20N2O3. The zero-order valence-corrected chi connectivity index (χ0v) is 14.1. The van der Waals surface area contributed by atoms with Crippen LogP contribution in [0.4, 0.5) is 0 Å². The van der Waals surface area contributed by atoms with E-state index in [2.05, 4.69) is 5.10 Å². The van der Waals surface area contributed by atoms with Crippen molar-refractivity contribution < 1.29 is 14.3 Å². The van der Waals surface area contributed by atoms with Crippen LogP contribution < -0.4 is 4.74 Å². The lowest BCUT2D eigenvalue weighted by Crippen LogP contribution is -2.09. The smallest absolute Gasteiger partial charge is 0.358 e. The summed E-state index contributed by atoms with van der Waals surface area (Å²) in [6.07, 6.45) is 0. The molecule has 0 saturated carbocycles. The fraction of sp³-hybridized carbons (Fsp3) is 0.200. The summed E-state index contributed by atoms with van der Waals surface area (Å²) in [5, 5.41) is 4.35. The van der Waals surface area contributed by atoms with Crippen molar-refractivity contribution in [2.24, 2.45) is 0 Å². The molecule has 0 atom stereocenters. The maximum Gasteiger partial charge on any atom is 0.358 e. The van der Waals surface area contributed by atoms with E-state index in [1.165, 1.54) is 0 Å². The molecular weight excluding hydrogens is 316 g/mol. The van der Waals surface area contributed by atoms with Gasteiger partial charge in [0.2, 0.25) is 5.88 Å². The van der Waals surface area contributed by atoms with Crippen molar-refractivity contribution in [1.29, 1.82) is 0 Å². The highest BCUT2D eigenvalue weighted by Crippen LogP contribution is 2.18. The molecule has 0 aliphatic heterocycles. The number of benzene rings is 2. The zero-order valence-electron chi connectivity index (χ0n) is 14.1. The molecule has 5 heteroatoms. The number of hydrogen-bond donors (Lipinski definition) is 0. The second-order valence-electron chi connectivity index (χ2n) is 5.51. The Morgan fingerprint density at radius 3 is 2.28 bits per heavy atom. The molecule has 1 heterocycles. The summed E-state index contributed by atoms with van der Waals surface area (Å²) in [5.41, 5.74) is 2.37. The van der Waals surface area contributed by atoms with E-state index in [0.29, 0.717) is 25.6 Å². The molecule has 0 amide bonds. The maximum absolute atomic E-state index is 12.0. The van der Waals surface area contributed by atoms with Gasteiger partial charge in [-0.2, -0.15) is 5.10 Å². The second kappa shape index (κ2) is 8.15. The predicted octanol–water partition coefficient (Wildman–Crippen LogP) is 3.69. The van der Waals surface area contributed by atoms with Crippen LogP contribution in [0.15, 0.2) is 66.7 Å². The molecule has 3 aromatic rings. The standard InChI is InChI=1S/C20H20N2O3/c1-2-24-20(23)18-13-19(25-15-17-11-7-4-8-12-17)22(21-18)14-16-9-5-3-6-10-16/h3-13H,2,14-15H2,1H3. The number of esters is 1. The van der Waals surface area contributed by atoms with Gasteiger partial charge in [-0.15, -0.1) is 0 Å². The Morgan fingerprint density at radius 2 is 1.64 bits per heavy atom. The Bertz CT molecular complexity index is 813. The number of aromatic nitrogens is 2. The van der Waals surface area contributed by atoms with E-state index in [1.54, 1.807) is 17.7 Å². The van der Waals surface area contributed by atoms with Gasteiger partial charge in [0.25, 0.3) is 0 Å². The predicted molar refractivity (Wildman–Crippen MR) is 94.5 cm³/mol. The van der Waals surface area contributed by atoms with Crippen LogP contribution >= 0.6 is 0 Å². The number of carbonyl (C=O) groups is 1. The van der Waals surface area contributed by atoms with Crippen LogP contribution in [0.2, 0.25) is 0 Å². The molecule has 0 fully saturated rings. The van der Waals surface area contributed by atoms with Crippen LogP contribution in [0.5, 0.6) is 5.88 Å².